The van der Waals surface area contributed by atoms with Gasteiger partial charge in [-0.25, -0.2) is 4.79 Å². The highest BCUT2D eigenvalue weighted by Gasteiger charge is 2.12. The number of carbonyl (C=O) groups excluding carboxylic acids is 1. The fraction of sp³-hybridized carbons (Fsp3) is 0.786. The van der Waals surface area contributed by atoms with Gasteiger partial charge in [-0.05, 0) is 12.8 Å². The van der Waals surface area contributed by atoms with E-state index in [9.17, 15) is 4.79 Å². The largest absolute Gasteiger partial charge is 0.463 e. The molecule has 0 aromatic heterocycles. The molecule has 5 heteroatoms. The zero-order valence-corrected chi connectivity index (χ0v) is 18.2. The van der Waals surface area contributed by atoms with Crippen molar-refractivity contribution in [1.82, 2.24) is 0 Å². The summed E-state index contributed by atoms with van der Waals surface area (Å²) >= 11 is 5.15. The van der Waals surface area contributed by atoms with E-state index in [1.54, 1.807) is 0 Å². The lowest BCUT2D eigenvalue weighted by molar-refractivity contribution is -0.137. The van der Waals surface area contributed by atoms with Gasteiger partial charge in [0.25, 0.3) is 0 Å². The molecule has 0 aromatic carbocycles. The van der Waals surface area contributed by atoms with Gasteiger partial charge >= 0.3 is 5.97 Å². The van der Waals surface area contributed by atoms with E-state index in [4.69, 9.17) is 4.74 Å². The van der Waals surface area contributed by atoms with E-state index in [1.165, 1.54) is 61.3 Å². The van der Waals surface area contributed by atoms with Gasteiger partial charge in [0.15, 0.2) is 0 Å². The van der Waals surface area contributed by atoms with E-state index in [0.717, 1.165) is 12.8 Å². The number of alkyl halides is 2. The van der Waals surface area contributed by atoms with Crippen LogP contribution in [-0.4, -0.2) is 23.9 Å². The van der Waals surface area contributed by atoms with Gasteiger partial charge in [-0.3, -0.25) is 0 Å². The number of hydrogen-bond donors (Lipinski definition) is 0. The topological polar surface area (TPSA) is 26.3 Å². The predicted octanol–water partition coefficient (Wildman–Crippen LogP) is 4.12. The van der Waals surface area contributed by atoms with E-state index < -0.39 is 0 Å². The van der Waals surface area contributed by atoms with Crippen LogP contribution in [0.2, 0.25) is 0 Å². The van der Waals surface area contributed by atoms with Crippen molar-refractivity contribution in [1.29, 1.82) is 0 Å². The molecule has 0 aliphatic rings. The minimum absolute atomic E-state index is 0.305. The first kappa shape index (κ1) is 19.9. The molecule has 0 saturated heterocycles. The maximum Gasteiger partial charge on any atom is 0.330 e. The molecule has 0 aliphatic carbocycles. The zero-order valence-electron chi connectivity index (χ0n) is 11.9. The number of rotatable bonds is 12. The van der Waals surface area contributed by atoms with Gasteiger partial charge in [0.1, 0.15) is 0 Å². The Labute approximate surface area is 148 Å². The monoisotopic (exact) mass is 508 g/mol. The number of unbranched alkanes of at least 4 members (excludes halogenated alkanes) is 7. The third kappa shape index (κ3) is 16.8. The van der Waals surface area contributed by atoms with Gasteiger partial charge in [-0.15, -0.1) is 0 Å². The second-order valence-electron chi connectivity index (χ2n) is 5.02. The Hall–Kier alpha value is 0.887. The SMILES string of the molecule is C=CC(=O)OCCCCCCCCCCC([SiH3])(I)I. The predicted molar refractivity (Wildman–Crippen MR) is 103 cm³/mol. The standard InChI is InChI=1S/C14H26I2O2Si/c1-2-13(17)18-12-10-8-6-4-3-5-7-9-11-14(15,16)19/h2H,1,3-12H2,19H3. The lowest BCUT2D eigenvalue weighted by atomic mass is 10.1. The van der Waals surface area contributed by atoms with Crippen LogP contribution in [0.1, 0.15) is 57.8 Å². The maximum absolute atomic E-state index is 10.8. The Balaban J connectivity index is 3.11. The Morgan fingerprint density at radius 1 is 1.05 bits per heavy atom. The molecular formula is C14H26I2O2Si. The Bertz CT molecular complexity index is 252. The van der Waals surface area contributed by atoms with Crippen LogP contribution in [0.5, 0.6) is 0 Å². The van der Waals surface area contributed by atoms with Gasteiger partial charge in [0.05, 0.1) is 7.66 Å². The van der Waals surface area contributed by atoms with E-state index in [-0.39, 0.29) is 5.97 Å². The van der Waals surface area contributed by atoms with E-state index in [2.05, 4.69) is 51.8 Å². The molecule has 0 aliphatic heterocycles. The molecule has 0 N–H and O–H groups in total. The average molecular weight is 508 g/mol. The maximum atomic E-state index is 10.8. The number of ether oxygens (including phenoxy) is 1. The second-order valence-corrected chi connectivity index (χ2v) is 17.6. The molecule has 0 bridgehead atoms. The lowest BCUT2D eigenvalue weighted by Crippen LogP contribution is -2.08. The molecular weight excluding hydrogens is 482 g/mol. The first-order valence-corrected chi connectivity index (χ1v) is 10.3. The van der Waals surface area contributed by atoms with Crippen LogP contribution in [0.4, 0.5) is 0 Å². The first-order chi connectivity index (χ1) is 8.95. The lowest BCUT2D eigenvalue weighted by Gasteiger charge is -2.13. The van der Waals surface area contributed by atoms with Crippen molar-refractivity contribution in [3.05, 3.63) is 12.7 Å². The summed E-state index contributed by atoms with van der Waals surface area (Å²) in [5.74, 6) is -0.305. The van der Waals surface area contributed by atoms with E-state index in [1.807, 2.05) is 0 Å². The smallest absolute Gasteiger partial charge is 0.330 e. The number of hydrogen-bond acceptors (Lipinski definition) is 2. The molecule has 0 aromatic rings. The molecule has 0 radical (unpaired) electrons. The summed E-state index contributed by atoms with van der Waals surface area (Å²) in [7, 11) is 1.28. The Morgan fingerprint density at radius 2 is 1.53 bits per heavy atom. The third-order valence-corrected chi connectivity index (χ3v) is 4.50. The first-order valence-electron chi connectivity index (χ1n) is 7.13. The Morgan fingerprint density at radius 3 is 2.00 bits per heavy atom. The van der Waals surface area contributed by atoms with Gasteiger partial charge in [-0.2, -0.15) is 0 Å². The van der Waals surface area contributed by atoms with Crippen molar-refractivity contribution >= 4 is 61.4 Å². The molecule has 0 rings (SSSR count). The van der Waals surface area contributed by atoms with Crippen molar-refractivity contribution in [2.24, 2.45) is 0 Å². The second kappa shape index (κ2) is 12.6. The van der Waals surface area contributed by atoms with Crippen molar-refractivity contribution in [3.8, 4) is 0 Å². The van der Waals surface area contributed by atoms with Crippen LogP contribution >= 0.6 is 45.2 Å². The molecule has 0 spiro atoms. The summed E-state index contributed by atoms with van der Waals surface area (Å²) in [6, 6.07) is 0. The fourth-order valence-electron chi connectivity index (χ4n) is 1.83. The van der Waals surface area contributed by atoms with E-state index >= 15 is 0 Å². The van der Waals surface area contributed by atoms with E-state index in [0.29, 0.717) is 7.66 Å². The minimum Gasteiger partial charge on any atom is -0.463 e. The summed E-state index contributed by atoms with van der Waals surface area (Å²) in [5, 5.41) is 0. The van der Waals surface area contributed by atoms with Gasteiger partial charge in [-0.1, -0.05) is 96.7 Å². The highest BCUT2D eigenvalue weighted by molar-refractivity contribution is 14.2. The van der Waals surface area contributed by atoms with Crippen LogP contribution in [0.3, 0.4) is 0 Å². The van der Waals surface area contributed by atoms with Crippen LogP contribution < -0.4 is 0 Å². The zero-order chi connectivity index (χ0) is 14.6. The Kier molecular flexibility index (Phi) is 13.2. The summed E-state index contributed by atoms with van der Waals surface area (Å²) in [4.78, 5) is 10.8. The summed E-state index contributed by atoms with van der Waals surface area (Å²) in [5.41, 5.74) is 0. The van der Waals surface area contributed by atoms with Crippen molar-refractivity contribution in [2.75, 3.05) is 6.61 Å². The summed E-state index contributed by atoms with van der Waals surface area (Å²) < 4.78 is 5.50. The molecule has 19 heavy (non-hydrogen) atoms. The molecule has 0 saturated carbocycles. The number of esters is 1. The number of halogens is 2. The molecule has 0 fully saturated rings. The number of carbonyl (C=O) groups is 1. The van der Waals surface area contributed by atoms with Gasteiger partial charge < -0.3 is 4.74 Å². The molecule has 0 atom stereocenters. The third-order valence-electron chi connectivity index (χ3n) is 2.92. The quantitative estimate of drug-likeness (QED) is 0.0991. The average Bonchev–Trinajstić information content (AvgIpc) is 2.34. The van der Waals surface area contributed by atoms with Crippen molar-refractivity contribution in [3.63, 3.8) is 0 Å². The molecule has 0 unspecified atom stereocenters. The summed E-state index contributed by atoms with van der Waals surface area (Å²) in [6.07, 6.45) is 12.8. The highest BCUT2D eigenvalue weighted by atomic mass is 127. The van der Waals surface area contributed by atoms with Crippen molar-refractivity contribution in [2.45, 2.75) is 58.8 Å². The molecule has 112 valence electrons. The summed E-state index contributed by atoms with van der Waals surface area (Å²) in [6.45, 7) is 3.91. The fourth-order valence-corrected chi connectivity index (χ4v) is 2.95. The van der Waals surface area contributed by atoms with Gasteiger partial charge in [0, 0.05) is 16.3 Å². The normalized spacial score (nSPS) is 11.5. The highest BCUT2D eigenvalue weighted by Crippen LogP contribution is 2.29. The van der Waals surface area contributed by atoms with Crippen LogP contribution in [-0.2, 0) is 9.53 Å². The molecule has 2 nitrogen and oxygen atoms in total. The van der Waals surface area contributed by atoms with Crippen LogP contribution in [0, 0.1) is 0 Å². The van der Waals surface area contributed by atoms with Crippen LogP contribution in [0.15, 0.2) is 12.7 Å². The van der Waals surface area contributed by atoms with Crippen molar-refractivity contribution < 1.29 is 9.53 Å². The molecule has 0 heterocycles. The van der Waals surface area contributed by atoms with Gasteiger partial charge in [0.2, 0.25) is 0 Å². The minimum atomic E-state index is -0.305. The van der Waals surface area contributed by atoms with Crippen LogP contribution in [0.25, 0.3) is 0 Å². The molecule has 0 amide bonds.